The van der Waals surface area contributed by atoms with E-state index in [1.807, 2.05) is 13.8 Å². The monoisotopic (exact) mass is 335 g/mol. The summed E-state index contributed by atoms with van der Waals surface area (Å²) in [4.78, 5) is 12.2. The molecule has 1 amide bonds. The van der Waals surface area contributed by atoms with E-state index in [1.165, 1.54) is 6.07 Å². The largest absolute Gasteiger partial charge is 0.416 e. The molecule has 0 radical (unpaired) electrons. The Bertz CT molecular complexity index is 492. The number of hydrogen-bond donors (Lipinski definition) is 2. The minimum atomic E-state index is -4.39. The van der Waals surface area contributed by atoms with Gasteiger partial charge in [-0.15, -0.1) is 11.8 Å². The zero-order chi connectivity index (χ0) is 16.8. The SMILES string of the molecule is CC(C)C(CCO)NC(=O)CSc1cccc(C(F)(F)F)c1. The summed E-state index contributed by atoms with van der Waals surface area (Å²) in [6.07, 6.45) is -3.93. The third kappa shape index (κ3) is 6.27. The third-order valence-electron chi connectivity index (χ3n) is 3.12. The zero-order valence-corrected chi connectivity index (χ0v) is 13.3. The van der Waals surface area contributed by atoms with E-state index in [4.69, 9.17) is 5.11 Å². The Morgan fingerprint density at radius 2 is 2.05 bits per heavy atom. The summed E-state index contributed by atoms with van der Waals surface area (Å²) in [6, 6.07) is 4.76. The second-order valence-electron chi connectivity index (χ2n) is 5.24. The molecule has 124 valence electrons. The van der Waals surface area contributed by atoms with Crippen molar-refractivity contribution in [2.75, 3.05) is 12.4 Å². The third-order valence-corrected chi connectivity index (χ3v) is 4.12. The molecule has 0 aromatic heterocycles. The van der Waals surface area contributed by atoms with Gasteiger partial charge in [0.15, 0.2) is 0 Å². The molecule has 1 aromatic rings. The molecule has 0 aliphatic carbocycles. The van der Waals surface area contributed by atoms with Gasteiger partial charge in [0.1, 0.15) is 0 Å². The molecule has 0 saturated heterocycles. The molecule has 0 heterocycles. The Morgan fingerprint density at radius 1 is 1.36 bits per heavy atom. The molecule has 0 fully saturated rings. The highest BCUT2D eigenvalue weighted by molar-refractivity contribution is 8.00. The van der Waals surface area contributed by atoms with Gasteiger partial charge < -0.3 is 10.4 Å². The van der Waals surface area contributed by atoms with Crippen LogP contribution in [0.2, 0.25) is 0 Å². The van der Waals surface area contributed by atoms with Gasteiger partial charge in [-0.05, 0) is 30.5 Å². The van der Waals surface area contributed by atoms with Crippen molar-refractivity contribution >= 4 is 17.7 Å². The average molecular weight is 335 g/mol. The molecule has 1 rings (SSSR count). The van der Waals surface area contributed by atoms with Gasteiger partial charge >= 0.3 is 6.18 Å². The highest BCUT2D eigenvalue weighted by Gasteiger charge is 2.30. The maximum absolute atomic E-state index is 12.6. The smallest absolute Gasteiger partial charge is 0.396 e. The van der Waals surface area contributed by atoms with E-state index in [9.17, 15) is 18.0 Å². The van der Waals surface area contributed by atoms with Crippen LogP contribution in [-0.2, 0) is 11.0 Å². The normalized spacial score (nSPS) is 13.2. The van der Waals surface area contributed by atoms with Crippen molar-refractivity contribution in [3.05, 3.63) is 29.8 Å². The Morgan fingerprint density at radius 3 is 2.59 bits per heavy atom. The lowest BCUT2D eigenvalue weighted by atomic mass is 10.0. The molecular formula is C15H20F3NO2S. The molecule has 0 aliphatic rings. The van der Waals surface area contributed by atoms with E-state index in [1.54, 1.807) is 6.07 Å². The lowest BCUT2D eigenvalue weighted by Gasteiger charge is -2.21. The fourth-order valence-corrected chi connectivity index (χ4v) is 2.64. The molecule has 2 N–H and O–H groups in total. The summed E-state index contributed by atoms with van der Waals surface area (Å²) < 4.78 is 37.8. The van der Waals surface area contributed by atoms with E-state index in [-0.39, 0.29) is 30.2 Å². The topological polar surface area (TPSA) is 49.3 Å². The Hall–Kier alpha value is -1.21. The number of halogens is 3. The number of aliphatic hydroxyl groups excluding tert-OH is 1. The first-order chi connectivity index (χ1) is 10.2. The van der Waals surface area contributed by atoms with E-state index >= 15 is 0 Å². The van der Waals surface area contributed by atoms with Gasteiger partial charge in [0.2, 0.25) is 5.91 Å². The van der Waals surface area contributed by atoms with Crippen LogP contribution in [-0.4, -0.2) is 29.4 Å². The van der Waals surface area contributed by atoms with Crippen molar-refractivity contribution in [3.63, 3.8) is 0 Å². The van der Waals surface area contributed by atoms with Gasteiger partial charge in [-0.2, -0.15) is 13.2 Å². The summed E-state index contributed by atoms with van der Waals surface area (Å²) in [7, 11) is 0. The van der Waals surface area contributed by atoms with E-state index < -0.39 is 11.7 Å². The average Bonchev–Trinajstić information content (AvgIpc) is 2.44. The molecule has 7 heteroatoms. The maximum atomic E-state index is 12.6. The molecule has 1 unspecified atom stereocenters. The van der Waals surface area contributed by atoms with Crippen LogP contribution >= 0.6 is 11.8 Å². The predicted octanol–water partition coefficient (Wildman–Crippen LogP) is 3.32. The molecule has 22 heavy (non-hydrogen) atoms. The number of aliphatic hydroxyl groups is 1. The Labute approximate surface area is 132 Å². The Balaban J connectivity index is 2.57. The highest BCUT2D eigenvalue weighted by atomic mass is 32.2. The number of carbonyl (C=O) groups excluding carboxylic acids is 1. The van der Waals surface area contributed by atoms with Crippen molar-refractivity contribution in [2.45, 2.75) is 37.4 Å². The molecule has 1 atom stereocenters. The second kappa shape index (κ2) is 8.43. The van der Waals surface area contributed by atoms with Crippen LogP contribution in [0.1, 0.15) is 25.8 Å². The number of nitrogens with one attached hydrogen (secondary N) is 1. The van der Waals surface area contributed by atoms with Crippen LogP contribution in [0.3, 0.4) is 0 Å². The van der Waals surface area contributed by atoms with Gasteiger partial charge in [-0.3, -0.25) is 4.79 Å². The van der Waals surface area contributed by atoms with Crippen molar-refractivity contribution < 1.29 is 23.1 Å². The fraction of sp³-hybridized carbons (Fsp3) is 0.533. The molecule has 0 bridgehead atoms. The first-order valence-corrected chi connectivity index (χ1v) is 7.93. The number of rotatable bonds is 7. The summed E-state index contributed by atoms with van der Waals surface area (Å²) in [6.45, 7) is 3.84. The number of thioether (sulfide) groups is 1. The first kappa shape index (κ1) is 18.8. The van der Waals surface area contributed by atoms with Gasteiger partial charge in [0.05, 0.1) is 11.3 Å². The summed E-state index contributed by atoms with van der Waals surface area (Å²) in [5.41, 5.74) is -0.724. The molecule has 0 spiro atoms. The van der Waals surface area contributed by atoms with E-state index in [2.05, 4.69) is 5.32 Å². The van der Waals surface area contributed by atoms with E-state index in [0.29, 0.717) is 11.3 Å². The van der Waals surface area contributed by atoms with Crippen LogP contribution < -0.4 is 5.32 Å². The summed E-state index contributed by atoms with van der Waals surface area (Å²) in [5.74, 6) is -0.0418. The lowest BCUT2D eigenvalue weighted by Crippen LogP contribution is -2.40. The van der Waals surface area contributed by atoms with Crippen LogP contribution in [0.25, 0.3) is 0 Å². The predicted molar refractivity (Wildman–Crippen MR) is 80.6 cm³/mol. The molecule has 1 aromatic carbocycles. The highest BCUT2D eigenvalue weighted by Crippen LogP contribution is 2.31. The van der Waals surface area contributed by atoms with Crippen LogP contribution in [0.4, 0.5) is 13.2 Å². The van der Waals surface area contributed by atoms with Crippen molar-refractivity contribution in [3.8, 4) is 0 Å². The number of amides is 1. The number of benzene rings is 1. The van der Waals surface area contributed by atoms with Crippen LogP contribution in [0.5, 0.6) is 0 Å². The second-order valence-corrected chi connectivity index (χ2v) is 6.29. The van der Waals surface area contributed by atoms with Crippen molar-refractivity contribution in [2.24, 2.45) is 5.92 Å². The quantitative estimate of drug-likeness (QED) is 0.752. The van der Waals surface area contributed by atoms with Crippen LogP contribution in [0, 0.1) is 5.92 Å². The number of alkyl halides is 3. The molecule has 0 aliphatic heterocycles. The van der Waals surface area contributed by atoms with Gasteiger partial charge in [-0.25, -0.2) is 0 Å². The number of carbonyl (C=O) groups is 1. The summed E-state index contributed by atoms with van der Waals surface area (Å²) >= 11 is 1.06. The molecule has 3 nitrogen and oxygen atoms in total. The summed E-state index contributed by atoms with van der Waals surface area (Å²) in [5, 5.41) is 11.7. The first-order valence-electron chi connectivity index (χ1n) is 6.94. The maximum Gasteiger partial charge on any atom is 0.416 e. The van der Waals surface area contributed by atoms with Gasteiger partial charge in [0.25, 0.3) is 0 Å². The molecular weight excluding hydrogens is 315 g/mol. The minimum absolute atomic E-state index is 0.0239. The van der Waals surface area contributed by atoms with Gasteiger partial charge in [-0.1, -0.05) is 19.9 Å². The van der Waals surface area contributed by atoms with Crippen molar-refractivity contribution in [1.82, 2.24) is 5.32 Å². The number of hydrogen-bond acceptors (Lipinski definition) is 3. The minimum Gasteiger partial charge on any atom is -0.396 e. The van der Waals surface area contributed by atoms with Crippen molar-refractivity contribution in [1.29, 1.82) is 0 Å². The standard InChI is InChI=1S/C15H20F3NO2S/c1-10(2)13(6-7-20)19-14(21)9-22-12-5-3-4-11(8-12)15(16,17)18/h3-5,8,10,13,20H,6-7,9H2,1-2H3,(H,19,21). The van der Waals surface area contributed by atoms with Gasteiger partial charge in [0, 0.05) is 17.5 Å². The Kier molecular flexibility index (Phi) is 7.22. The zero-order valence-electron chi connectivity index (χ0n) is 12.5. The van der Waals surface area contributed by atoms with Crippen LogP contribution in [0.15, 0.2) is 29.2 Å². The lowest BCUT2D eigenvalue weighted by molar-refractivity contribution is -0.137. The van der Waals surface area contributed by atoms with E-state index in [0.717, 1.165) is 23.9 Å². The fourth-order valence-electron chi connectivity index (χ4n) is 1.87. The molecule has 0 saturated carbocycles.